The van der Waals surface area contributed by atoms with E-state index in [9.17, 15) is 30.7 Å². The number of hydrogen-bond acceptors (Lipinski definition) is 2. The van der Waals surface area contributed by atoms with E-state index in [4.69, 9.17) is 16.3 Å². The van der Waals surface area contributed by atoms with Gasteiger partial charge in [-0.1, -0.05) is 35.9 Å². The number of rotatable bonds is 5. The van der Waals surface area contributed by atoms with Crippen molar-refractivity contribution in [2.75, 3.05) is 0 Å². The summed E-state index contributed by atoms with van der Waals surface area (Å²) in [6.45, 7) is -0.328. The zero-order chi connectivity index (χ0) is 25.4. The number of benzene rings is 3. The summed E-state index contributed by atoms with van der Waals surface area (Å²) in [5, 5.41) is 3.79. The quantitative estimate of drug-likeness (QED) is 0.253. The third-order valence-electron chi connectivity index (χ3n) is 5.00. The molecule has 4 aromatic rings. The molecule has 1 aromatic heterocycles. The summed E-state index contributed by atoms with van der Waals surface area (Å²) in [6.07, 6.45) is -9.33. The topological polar surface area (TPSA) is 27.1 Å². The van der Waals surface area contributed by atoms with Gasteiger partial charge in [0.1, 0.15) is 18.2 Å². The molecule has 0 amide bonds. The molecular weight excluding hydrogens is 501 g/mol. The second-order valence-corrected chi connectivity index (χ2v) is 7.79. The van der Waals surface area contributed by atoms with Crippen molar-refractivity contribution in [1.82, 2.24) is 9.78 Å². The minimum Gasteiger partial charge on any atom is -0.487 e. The van der Waals surface area contributed by atoms with Crippen LogP contribution in [-0.2, 0) is 19.0 Å². The molecular formula is C24H14ClF7N2O. The lowest BCUT2D eigenvalue weighted by molar-refractivity contribution is -0.141. The van der Waals surface area contributed by atoms with Gasteiger partial charge in [-0.2, -0.15) is 31.4 Å². The number of halogens is 8. The summed E-state index contributed by atoms with van der Waals surface area (Å²) in [7, 11) is 0. The third-order valence-corrected chi connectivity index (χ3v) is 5.32. The fraction of sp³-hybridized carbons (Fsp3) is 0.125. The van der Waals surface area contributed by atoms with Crippen LogP contribution in [0.5, 0.6) is 5.75 Å². The van der Waals surface area contributed by atoms with Crippen LogP contribution >= 0.6 is 11.6 Å². The van der Waals surface area contributed by atoms with Crippen molar-refractivity contribution in [2.45, 2.75) is 19.0 Å². The monoisotopic (exact) mass is 514 g/mol. The standard InChI is InChI=1S/C24H14ClF7N2O/c25-19-3-1-2-4-21(19)34-16(12-22(33-34)24(30,31)32)13-35-17-8-5-14(6-9-17)18-11-15(23(27,28)29)7-10-20(18)26/h1-12H,13H2. The molecule has 0 radical (unpaired) electrons. The first kappa shape index (κ1) is 24.6. The average Bonchev–Trinajstić information content (AvgIpc) is 3.23. The van der Waals surface area contributed by atoms with Crippen LogP contribution in [0.4, 0.5) is 30.7 Å². The van der Waals surface area contributed by atoms with Crippen molar-refractivity contribution >= 4 is 11.6 Å². The van der Waals surface area contributed by atoms with Crippen molar-refractivity contribution in [3.8, 4) is 22.6 Å². The Kier molecular flexibility index (Phi) is 6.50. The molecule has 0 aliphatic rings. The van der Waals surface area contributed by atoms with Gasteiger partial charge in [0.15, 0.2) is 5.69 Å². The van der Waals surface area contributed by atoms with E-state index in [-0.39, 0.29) is 39.9 Å². The molecule has 0 spiro atoms. The Morgan fingerprint density at radius 1 is 0.829 bits per heavy atom. The highest BCUT2D eigenvalue weighted by molar-refractivity contribution is 6.32. The van der Waals surface area contributed by atoms with Crippen molar-refractivity contribution in [2.24, 2.45) is 0 Å². The summed E-state index contributed by atoms with van der Waals surface area (Å²) in [5.41, 5.74) is -1.94. The van der Waals surface area contributed by atoms with Crippen LogP contribution in [0.3, 0.4) is 0 Å². The number of nitrogens with zero attached hydrogens (tertiary/aromatic N) is 2. The van der Waals surface area contributed by atoms with E-state index in [0.717, 1.165) is 16.8 Å². The Morgan fingerprint density at radius 2 is 1.51 bits per heavy atom. The molecule has 182 valence electrons. The molecule has 0 fully saturated rings. The van der Waals surface area contributed by atoms with Crippen molar-refractivity contribution in [1.29, 1.82) is 0 Å². The van der Waals surface area contributed by atoms with Crippen LogP contribution in [0.1, 0.15) is 17.0 Å². The highest BCUT2D eigenvalue weighted by atomic mass is 35.5. The van der Waals surface area contributed by atoms with E-state index in [1.54, 1.807) is 12.1 Å². The molecule has 4 rings (SSSR count). The van der Waals surface area contributed by atoms with Crippen LogP contribution < -0.4 is 4.74 Å². The van der Waals surface area contributed by atoms with E-state index in [1.807, 2.05) is 0 Å². The van der Waals surface area contributed by atoms with Gasteiger partial charge in [-0.3, -0.25) is 0 Å². The SMILES string of the molecule is Fc1ccc(C(F)(F)F)cc1-c1ccc(OCc2cc(C(F)(F)F)nn2-c2ccccc2Cl)cc1. The second-order valence-electron chi connectivity index (χ2n) is 7.39. The fourth-order valence-corrected chi connectivity index (χ4v) is 3.52. The smallest absolute Gasteiger partial charge is 0.435 e. The summed E-state index contributed by atoms with van der Waals surface area (Å²) < 4.78 is 99.4. The predicted molar refractivity (Wildman–Crippen MR) is 115 cm³/mol. The predicted octanol–water partition coefficient (Wildman–Crippen LogP) is 7.95. The summed E-state index contributed by atoms with van der Waals surface area (Å²) in [5.74, 6) is -0.642. The maximum atomic E-state index is 14.1. The van der Waals surface area contributed by atoms with Crippen molar-refractivity contribution in [3.05, 3.63) is 101 Å². The van der Waals surface area contributed by atoms with Gasteiger partial charge < -0.3 is 4.74 Å². The van der Waals surface area contributed by atoms with Crippen LogP contribution in [0.2, 0.25) is 5.02 Å². The molecule has 0 atom stereocenters. The van der Waals surface area contributed by atoms with Gasteiger partial charge in [-0.25, -0.2) is 9.07 Å². The molecule has 0 N–H and O–H groups in total. The maximum absolute atomic E-state index is 14.1. The normalized spacial score (nSPS) is 12.1. The first-order valence-corrected chi connectivity index (χ1v) is 10.3. The number of ether oxygens (including phenoxy) is 1. The highest BCUT2D eigenvalue weighted by Gasteiger charge is 2.35. The number of aromatic nitrogens is 2. The molecule has 0 bridgehead atoms. The minimum absolute atomic E-state index is 0.0541. The van der Waals surface area contributed by atoms with Gasteiger partial charge >= 0.3 is 12.4 Å². The van der Waals surface area contributed by atoms with Gasteiger partial charge in [-0.15, -0.1) is 0 Å². The van der Waals surface area contributed by atoms with Gasteiger partial charge in [0.05, 0.1) is 22.0 Å². The molecule has 3 nitrogen and oxygen atoms in total. The van der Waals surface area contributed by atoms with Crippen LogP contribution in [0.25, 0.3) is 16.8 Å². The van der Waals surface area contributed by atoms with E-state index >= 15 is 0 Å². The summed E-state index contributed by atoms with van der Waals surface area (Å²) in [4.78, 5) is 0. The Hall–Kier alpha value is -3.53. The molecule has 0 unspecified atom stereocenters. The van der Waals surface area contributed by atoms with E-state index in [2.05, 4.69) is 5.10 Å². The Morgan fingerprint density at radius 3 is 2.14 bits per heavy atom. The zero-order valence-electron chi connectivity index (χ0n) is 17.5. The summed E-state index contributed by atoms with van der Waals surface area (Å²) in [6, 6.07) is 14.6. The Labute approximate surface area is 199 Å². The Bertz CT molecular complexity index is 1350. The van der Waals surface area contributed by atoms with Crippen LogP contribution in [0, 0.1) is 5.82 Å². The lowest BCUT2D eigenvalue weighted by Gasteiger charge is -2.12. The van der Waals surface area contributed by atoms with Gasteiger partial charge in [0.25, 0.3) is 0 Å². The lowest BCUT2D eigenvalue weighted by atomic mass is 10.0. The molecule has 0 aliphatic carbocycles. The van der Waals surface area contributed by atoms with Gasteiger partial charge in [0.2, 0.25) is 0 Å². The van der Waals surface area contributed by atoms with Gasteiger partial charge in [0, 0.05) is 5.56 Å². The third kappa shape index (κ3) is 5.43. The van der Waals surface area contributed by atoms with Crippen LogP contribution in [-0.4, -0.2) is 9.78 Å². The first-order chi connectivity index (χ1) is 16.4. The molecule has 11 heteroatoms. The first-order valence-electron chi connectivity index (χ1n) is 9.94. The van der Waals surface area contributed by atoms with E-state index < -0.39 is 29.4 Å². The van der Waals surface area contributed by atoms with Crippen LogP contribution in [0.15, 0.2) is 72.8 Å². The number of alkyl halides is 6. The zero-order valence-corrected chi connectivity index (χ0v) is 18.2. The maximum Gasteiger partial charge on any atom is 0.435 e. The van der Waals surface area contributed by atoms with Crippen molar-refractivity contribution < 1.29 is 35.5 Å². The molecule has 0 saturated carbocycles. The second kappa shape index (κ2) is 9.26. The molecule has 35 heavy (non-hydrogen) atoms. The summed E-state index contributed by atoms with van der Waals surface area (Å²) >= 11 is 6.12. The highest BCUT2D eigenvalue weighted by Crippen LogP contribution is 2.35. The van der Waals surface area contributed by atoms with Crippen molar-refractivity contribution in [3.63, 3.8) is 0 Å². The average molecular weight is 515 g/mol. The molecule has 3 aromatic carbocycles. The minimum atomic E-state index is -4.70. The van der Waals surface area contributed by atoms with E-state index in [0.29, 0.717) is 12.1 Å². The molecule has 1 heterocycles. The fourth-order valence-electron chi connectivity index (χ4n) is 3.30. The number of hydrogen-bond donors (Lipinski definition) is 0. The largest absolute Gasteiger partial charge is 0.487 e. The Balaban J connectivity index is 1.59. The van der Waals surface area contributed by atoms with E-state index in [1.165, 1.54) is 36.4 Å². The molecule has 0 aliphatic heterocycles. The molecule has 0 saturated heterocycles. The lowest BCUT2D eigenvalue weighted by Crippen LogP contribution is -2.08. The van der Waals surface area contributed by atoms with Gasteiger partial charge in [-0.05, 0) is 54.1 Å². The number of para-hydroxylation sites is 1.